The van der Waals surface area contributed by atoms with Crippen LogP contribution in [0.15, 0.2) is 18.2 Å². The Balaban J connectivity index is 2.03. The normalized spacial score (nSPS) is 21.9. The highest BCUT2D eigenvalue weighted by Crippen LogP contribution is 2.21. The van der Waals surface area contributed by atoms with E-state index >= 15 is 0 Å². The van der Waals surface area contributed by atoms with E-state index in [2.05, 4.69) is 4.90 Å². The van der Waals surface area contributed by atoms with Crippen LogP contribution in [-0.4, -0.2) is 24.0 Å². The van der Waals surface area contributed by atoms with E-state index in [0.29, 0.717) is 23.6 Å². The molecule has 1 fully saturated rings. The Morgan fingerprint density at radius 3 is 3.00 bits per heavy atom. The predicted molar refractivity (Wildman–Crippen MR) is 72.8 cm³/mol. The lowest BCUT2D eigenvalue weighted by molar-refractivity contribution is 0.153. The van der Waals surface area contributed by atoms with E-state index in [1.807, 2.05) is 13.0 Å². The summed E-state index contributed by atoms with van der Waals surface area (Å²) in [5, 5.41) is 8.73. The third-order valence-electron chi connectivity index (χ3n) is 3.86. The van der Waals surface area contributed by atoms with E-state index in [1.54, 1.807) is 12.1 Å². The minimum absolute atomic E-state index is 0.189. The number of likely N-dealkylation sites (tertiary alicyclic amines) is 1. The van der Waals surface area contributed by atoms with E-state index in [4.69, 9.17) is 11.0 Å². The predicted octanol–water partition coefficient (Wildman–Crippen LogP) is 2.26. The highest BCUT2D eigenvalue weighted by molar-refractivity contribution is 5.32. The molecule has 0 radical (unpaired) electrons. The average molecular weight is 261 g/mol. The van der Waals surface area contributed by atoms with E-state index < -0.39 is 0 Å². The Kier molecular flexibility index (Phi) is 4.52. The molecule has 1 aliphatic rings. The first-order valence-electron chi connectivity index (χ1n) is 6.76. The lowest BCUT2D eigenvalue weighted by Crippen LogP contribution is -2.42. The maximum absolute atomic E-state index is 13.8. The van der Waals surface area contributed by atoms with Crippen LogP contribution >= 0.6 is 0 Å². The molecule has 0 aliphatic carbocycles. The van der Waals surface area contributed by atoms with Crippen molar-refractivity contribution in [3.8, 4) is 6.07 Å². The number of piperidine rings is 1. The SMILES string of the molecule is CC(N)C1CCCN(Cc2ccc(C#N)cc2F)C1. The first-order valence-corrected chi connectivity index (χ1v) is 6.76. The van der Waals surface area contributed by atoms with Crippen LogP contribution in [0.3, 0.4) is 0 Å². The quantitative estimate of drug-likeness (QED) is 0.908. The Hall–Kier alpha value is -1.44. The van der Waals surface area contributed by atoms with E-state index in [1.165, 1.54) is 6.07 Å². The van der Waals surface area contributed by atoms with Gasteiger partial charge in [0.1, 0.15) is 5.82 Å². The number of benzene rings is 1. The van der Waals surface area contributed by atoms with E-state index in [9.17, 15) is 4.39 Å². The summed E-state index contributed by atoms with van der Waals surface area (Å²) in [5.41, 5.74) is 6.98. The molecule has 0 aromatic heterocycles. The van der Waals surface area contributed by atoms with Crippen LogP contribution in [0, 0.1) is 23.1 Å². The zero-order chi connectivity index (χ0) is 13.8. The fourth-order valence-electron chi connectivity index (χ4n) is 2.65. The Bertz CT molecular complexity index is 479. The number of hydrogen-bond donors (Lipinski definition) is 1. The van der Waals surface area contributed by atoms with Crippen LogP contribution in [0.25, 0.3) is 0 Å². The zero-order valence-corrected chi connectivity index (χ0v) is 11.3. The number of nitrogens with two attached hydrogens (primary N) is 1. The van der Waals surface area contributed by atoms with Crippen LogP contribution in [0.5, 0.6) is 0 Å². The lowest BCUT2D eigenvalue weighted by atomic mass is 9.92. The maximum Gasteiger partial charge on any atom is 0.129 e. The molecular formula is C15H20FN3. The van der Waals surface area contributed by atoms with Crippen LogP contribution < -0.4 is 5.73 Å². The van der Waals surface area contributed by atoms with Gasteiger partial charge in [0.05, 0.1) is 11.6 Å². The fraction of sp³-hybridized carbons (Fsp3) is 0.533. The van der Waals surface area contributed by atoms with Gasteiger partial charge < -0.3 is 5.73 Å². The van der Waals surface area contributed by atoms with Crippen molar-refractivity contribution in [2.75, 3.05) is 13.1 Å². The Morgan fingerprint density at radius 2 is 2.37 bits per heavy atom. The summed E-state index contributed by atoms with van der Waals surface area (Å²) in [4.78, 5) is 2.25. The van der Waals surface area contributed by atoms with Crippen molar-refractivity contribution in [1.82, 2.24) is 4.90 Å². The molecule has 19 heavy (non-hydrogen) atoms. The lowest BCUT2D eigenvalue weighted by Gasteiger charge is -2.34. The van der Waals surface area contributed by atoms with Gasteiger partial charge in [-0.05, 0) is 44.4 Å². The molecule has 0 saturated carbocycles. The number of rotatable bonds is 3. The second-order valence-electron chi connectivity index (χ2n) is 5.41. The van der Waals surface area contributed by atoms with Crippen molar-refractivity contribution in [3.63, 3.8) is 0 Å². The van der Waals surface area contributed by atoms with Gasteiger partial charge in [0.15, 0.2) is 0 Å². The van der Waals surface area contributed by atoms with Crippen LogP contribution in [0.2, 0.25) is 0 Å². The molecule has 0 spiro atoms. The molecule has 3 nitrogen and oxygen atoms in total. The van der Waals surface area contributed by atoms with Gasteiger partial charge in [0, 0.05) is 24.7 Å². The molecule has 1 heterocycles. The third-order valence-corrected chi connectivity index (χ3v) is 3.86. The summed E-state index contributed by atoms with van der Waals surface area (Å²) in [6.45, 7) is 4.55. The second-order valence-corrected chi connectivity index (χ2v) is 5.41. The summed E-state index contributed by atoms with van der Waals surface area (Å²) in [6, 6.07) is 6.83. The van der Waals surface area contributed by atoms with Crippen LogP contribution in [0.1, 0.15) is 30.9 Å². The molecule has 1 aliphatic heterocycles. The first kappa shape index (κ1) is 14.0. The smallest absolute Gasteiger partial charge is 0.129 e. The van der Waals surface area contributed by atoms with Crippen molar-refractivity contribution in [2.24, 2.45) is 11.7 Å². The van der Waals surface area contributed by atoms with E-state index in [-0.39, 0.29) is 11.9 Å². The van der Waals surface area contributed by atoms with Crippen LogP contribution in [0.4, 0.5) is 4.39 Å². The molecule has 2 rings (SSSR count). The average Bonchev–Trinajstić information content (AvgIpc) is 2.41. The molecular weight excluding hydrogens is 241 g/mol. The summed E-state index contributed by atoms with van der Waals surface area (Å²) in [7, 11) is 0. The third kappa shape index (κ3) is 3.52. The molecule has 102 valence electrons. The van der Waals surface area contributed by atoms with Gasteiger partial charge in [-0.15, -0.1) is 0 Å². The van der Waals surface area contributed by atoms with Gasteiger partial charge in [-0.25, -0.2) is 4.39 Å². The maximum atomic E-state index is 13.8. The van der Waals surface area contributed by atoms with Gasteiger partial charge in [0.2, 0.25) is 0 Å². The molecule has 4 heteroatoms. The molecule has 1 aromatic carbocycles. The Labute approximate surface area is 113 Å². The zero-order valence-electron chi connectivity index (χ0n) is 11.3. The van der Waals surface area contributed by atoms with Crippen molar-refractivity contribution in [2.45, 2.75) is 32.4 Å². The minimum atomic E-state index is -0.290. The summed E-state index contributed by atoms with van der Waals surface area (Å²) >= 11 is 0. The molecule has 0 bridgehead atoms. The van der Waals surface area contributed by atoms with Gasteiger partial charge in [-0.1, -0.05) is 6.07 Å². The van der Waals surface area contributed by atoms with Gasteiger partial charge >= 0.3 is 0 Å². The van der Waals surface area contributed by atoms with E-state index in [0.717, 1.165) is 25.9 Å². The van der Waals surface area contributed by atoms with Gasteiger partial charge in [0.25, 0.3) is 0 Å². The van der Waals surface area contributed by atoms with Crippen LogP contribution in [-0.2, 0) is 6.54 Å². The molecule has 1 aromatic rings. The van der Waals surface area contributed by atoms with Crippen molar-refractivity contribution < 1.29 is 4.39 Å². The second kappa shape index (κ2) is 6.14. The minimum Gasteiger partial charge on any atom is -0.328 e. The monoisotopic (exact) mass is 261 g/mol. The van der Waals surface area contributed by atoms with Crippen molar-refractivity contribution in [3.05, 3.63) is 35.1 Å². The first-order chi connectivity index (χ1) is 9.10. The number of nitrogens with zero attached hydrogens (tertiary/aromatic N) is 2. The Morgan fingerprint density at radius 1 is 1.58 bits per heavy atom. The van der Waals surface area contributed by atoms with Gasteiger partial charge in [-0.2, -0.15) is 5.26 Å². The van der Waals surface area contributed by atoms with Crippen molar-refractivity contribution >= 4 is 0 Å². The topological polar surface area (TPSA) is 53.0 Å². The molecule has 0 amide bonds. The molecule has 2 atom stereocenters. The number of nitriles is 1. The molecule has 2 N–H and O–H groups in total. The number of halogens is 1. The van der Waals surface area contributed by atoms with Crippen molar-refractivity contribution in [1.29, 1.82) is 5.26 Å². The van der Waals surface area contributed by atoms with Gasteiger partial charge in [-0.3, -0.25) is 4.90 Å². The molecule has 2 unspecified atom stereocenters. The summed E-state index contributed by atoms with van der Waals surface area (Å²) in [6.07, 6.45) is 2.27. The molecule has 1 saturated heterocycles. The highest BCUT2D eigenvalue weighted by Gasteiger charge is 2.23. The largest absolute Gasteiger partial charge is 0.328 e. The fourth-order valence-corrected chi connectivity index (χ4v) is 2.65. The summed E-state index contributed by atoms with van der Waals surface area (Å²) < 4.78 is 13.8. The number of hydrogen-bond acceptors (Lipinski definition) is 3. The summed E-state index contributed by atoms with van der Waals surface area (Å²) in [5.74, 6) is 0.206. The standard InChI is InChI=1S/C15H20FN3/c1-11(18)13-3-2-6-19(9-13)10-14-5-4-12(8-17)7-15(14)16/h4-5,7,11,13H,2-3,6,9-10,18H2,1H3. The highest BCUT2D eigenvalue weighted by atomic mass is 19.1.